The van der Waals surface area contributed by atoms with Gasteiger partial charge in [0.15, 0.2) is 17.3 Å². The molecule has 0 unspecified atom stereocenters. The molecule has 6 N–H and O–H groups in total. The molecule has 8 nitrogen and oxygen atoms in total. The molecule has 24 heavy (non-hydrogen) atoms. The molecule has 1 heterocycles. The smallest absolute Gasteiger partial charge is 0.238 e. The van der Waals surface area contributed by atoms with Crippen molar-refractivity contribution in [3.63, 3.8) is 0 Å². The summed E-state index contributed by atoms with van der Waals surface area (Å²) in [5.74, 6) is -3.23. The molecule has 0 saturated heterocycles. The number of benzene rings is 2. The molecule has 8 heteroatoms. The van der Waals surface area contributed by atoms with Crippen LogP contribution in [0.25, 0.3) is 22.3 Å². The van der Waals surface area contributed by atoms with Crippen molar-refractivity contribution in [2.24, 2.45) is 0 Å². The second-order valence-electron chi connectivity index (χ2n) is 5.07. The Kier molecular flexibility index (Phi) is 3.46. The second kappa shape index (κ2) is 5.36. The predicted molar refractivity (Wildman–Crippen MR) is 82.2 cm³/mol. The lowest BCUT2D eigenvalue weighted by atomic mass is 10.1. The standard InChI is InChI=1S/C16H12O8/c17-5-7-9(19)4-11-12(13(7)21)14(22)15(23)16(24-11)6-1-2-8(18)10(20)3-6/h1-4,17-21,23H,5H2. The highest BCUT2D eigenvalue weighted by molar-refractivity contribution is 5.89. The Morgan fingerprint density at radius 2 is 1.58 bits per heavy atom. The van der Waals surface area contributed by atoms with Gasteiger partial charge >= 0.3 is 0 Å². The molecule has 2 aromatic carbocycles. The fraction of sp³-hybridized carbons (Fsp3) is 0.0625. The number of rotatable bonds is 2. The SMILES string of the molecule is O=c1c(O)c(-c2ccc(O)c(O)c2)oc2cc(O)c(CO)c(O)c12. The summed E-state index contributed by atoms with van der Waals surface area (Å²) >= 11 is 0. The third-order valence-electron chi connectivity index (χ3n) is 3.61. The lowest BCUT2D eigenvalue weighted by molar-refractivity contribution is 0.269. The Morgan fingerprint density at radius 1 is 0.875 bits per heavy atom. The summed E-state index contributed by atoms with van der Waals surface area (Å²) in [6, 6.07) is 4.52. The van der Waals surface area contributed by atoms with Gasteiger partial charge in [0.05, 0.1) is 12.2 Å². The molecule has 3 aromatic rings. The van der Waals surface area contributed by atoms with Crippen LogP contribution in [-0.4, -0.2) is 30.6 Å². The lowest BCUT2D eigenvalue weighted by Crippen LogP contribution is -2.04. The lowest BCUT2D eigenvalue weighted by Gasteiger charge is -2.10. The fourth-order valence-electron chi connectivity index (χ4n) is 2.37. The zero-order chi connectivity index (χ0) is 17.6. The van der Waals surface area contributed by atoms with Crippen LogP contribution < -0.4 is 5.43 Å². The summed E-state index contributed by atoms with van der Waals surface area (Å²) in [5, 5.41) is 57.5. The third-order valence-corrected chi connectivity index (χ3v) is 3.61. The molecular formula is C16H12O8. The van der Waals surface area contributed by atoms with Crippen molar-refractivity contribution in [1.29, 1.82) is 0 Å². The van der Waals surface area contributed by atoms with Gasteiger partial charge in [-0.2, -0.15) is 0 Å². The summed E-state index contributed by atoms with van der Waals surface area (Å²) in [6.45, 7) is -0.721. The number of fused-ring (bicyclic) bond motifs is 1. The van der Waals surface area contributed by atoms with Crippen LogP contribution >= 0.6 is 0 Å². The first-order valence-electron chi connectivity index (χ1n) is 6.72. The van der Waals surface area contributed by atoms with E-state index < -0.39 is 46.2 Å². The zero-order valence-corrected chi connectivity index (χ0v) is 12.0. The molecule has 0 saturated carbocycles. The maximum atomic E-state index is 12.3. The van der Waals surface area contributed by atoms with E-state index in [0.29, 0.717) is 0 Å². The van der Waals surface area contributed by atoms with Gasteiger partial charge in [0.1, 0.15) is 22.5 Å². The molecule has 0 radical (unpaired) electrons. The van der Waals surface area contributed by atoms with Crippen LogP contribution in [0.2, 0.25) is 0 Å². The van der Waals surface area contributed by atoms with Crippen molar-refractivity contribution in [2.75, 3.05) is 0 Å². The summed E-state index contributed by atoms with van der Waals surface area (Å²) in [5.41, 5.74) is -1.39. The molecule has 124 valence electrons. The highest BCUT2D eigenvalue weighted by Gasteiger charge is 2.22. The van der Waals surface area contributed by atoms with Gasteiger partial charge in [0.25, 0.3) is 0 Å². The van der Waals surface area contributed by atoms with Crippen molar-refractivity contribution >= 4 is 11.0 Å². The molecule has 3 rings (SSSR count). The van der Waals surface area contributed by atoms with E-state index in [1.807, 2.05) is 0 Å². The molecule has 0 aliphatic heterocycles. The molecule has 0 atom stereocenters. The van der Waals surface area contributed by atoms with Gasteiger partial charge in [-0.25, -0.2) is 0 Å². The highest BCUT2D eigenvalue weighted by Crippen LogP contribution is 2.39. The Hall–Kier alpha value is -3.39. The van der Waals surface area contributed by atoms with Crippen molar-refractivity contribution in [3.8, 4) is 40.1 Å². The first-order valence-corrected chi connectivity index (χ1v) is 6.72. The van der Waals surface area contributed by atoms with E-state index in [0.717, 1.165) is 18.2 Å². The summed E-state index contributed by atoms with van der Waals surface area (Å²) in [4.78, 5) is 12.3. The summed E-state index contributed by atoms with van der Waals surface area (Å²) in [6.07, 6.45) is 0. The maximum Gasteiger partial charge on any atom is 0.238 e. The van der Waals surface area contributed by atoms with Gasteiger partial charge < -0.3 is 35.1 Å². The van der Waals surface area contributed by atoms with Gasteiger partial charge in [0, 0.05) is 11.6 Å². The molecule has 1 aromatic heterocycles. The third kappa shape index (κ3) is 2.17. The number of phenolic OH excluding ortho intramolecular Hbond substituents is 2. The number of hydrogen-bond donors (Lipinski definition) is 6. The molecule has 0 aliphatic carbocycles. The van der Waals surface area contributed by atoms with E-state index in [9.17, 15) is 30.3 Å². The number of hydrogen-bond acceptors (Lipinski definition) is 8. The Morgan fingerprint density at radius 3 is 2.21 bits per heavy atom. The average molecular weight is 332 g/mol. The first kappa shape index (κ1) is 15.5. The predicted octanol–water partition coefficient (Wildman–Crippen LogP) is 1.48. The quantitative estimate of drug-likeness (QED) is 0.386. The fourth-order valence-corrected chi connectivity index (χ4v) is 2.37. The van der Waals surface area contributed by atoms with E-state index in [4.69, 9.17) is 9.52 Å². The molecule has 0 aliphatic rings. The van der Waals surface area contributed by atoms with Gasteiger partial charge in [0.2, 0.25) is 11.2 Å². The van der Waals surface area contributed by atoms with Crippen molar-refractivity contribution in [2.45, 2.75) is 6.61 Å². The Bertz CT molecular complexity index is 1020. The van der Waals surface area contributed by atoms with Gasteiger partial charge in [-0.1, -0.05) is 0 Å². The number of aromatic hydroxyl groups is 5. The normalized spacial score (nSPS) is 11.0. The monoisotopic (exact) mass is 332 g/mol. The second-order valence-corrected chi connectivity index (χ2v) is 5.07. The minimum Gasteiger partial charge on any atom is -0.507 e. The van der Waals surface area contributed by atoms with Crippen LogP contribution in [0.3, 0.4) is 0 Å². The molecule has 0 spiro atoms. The van der Waals surface area contributed by atoms with Gasteiger partial charge in [-0.3, -0.25) is 4.79 Å². The van der Waals surface area contributed by atoms with E-state index in [1.54, 1.807) is 0 Å². The van der Waals surface area contributed by atoms with Gasteiger partial charge in [-0.15, -0.1) is 0 Å². The number of phenols is 4. The number of aliphatic hydroxyl groups excluding tert-OH is 1. The molecule has 0 amide bonds. The van der Waals surface area contributed by atoms with E-state index in [-0.39, 0.29) is 22.5 Å². The van der Waals surface area contributed by atoms with Crippen LogP contribution in [-0.2, 0) is 6.61 Å². The van der Waals surface area contributed by atoms with E-state index in [2.05, 4.69) is 0 Å². The molecular weight excluding hydrogens is 320 g/mol. The topological polar surface area (TPSA) is 152 Å². The maximum absolute atomic E-state index is 12.3. The van der Waals surface area contributed by atoms with Gasteiger partial charge in [-0.05, 0) is 18.2 Å². The van der Waals surface area contributed by atoms with Crippen molar-refractivity contribution in [3.05, 3.63) is 40.1 Å². The van der Waals surface area contributed by atoms with Crippen LogP contribution in [0.15, 0.2) is 33.5 Å². The van der Waals surface area contributed by atoms with Crippen LogP contribution in [0.1, 0.15) is 5.56 Å². The largest absolute Gasteiger partial charge is 0.507 e. The minimum atomic E-state index is -0.981. The first-order chi connectivity index (χ1) is 11.3. The zero-order valence-electron chi connectivity index (χ0n) is 12.0. The summed E-state index contributed by atoms with van der Waals surface area (Å²) < 4.78 is 5.37. The number of aliphatic hydroxyl groups is 1. The van der Waals surface area contributed by atoms with Crippen molar-refractivity contribution in [1.82, 2.24) is 0 Å². The van der Waals surface area contributed by atoms with Crippen LogP contribution in [0.5, 0.6) is 28.7 Å². The van der Waals surface area contributed by atoms with Crippen LogP contribution in [0.4, 0.5) is 0 Å². The minimum absolute atomic E-state index is 0.0898. The highest BCUT2D eigenvalue weighted by atomic mass is 16.4. The average Bonchev–Trinajstić information content (AvgIpc) is 2.53. The van der Waals surface area contributed by atoms with Crippen molar-refractivity contribution < 1.29 is 35.1 Å². The van der Waals surface area contributed by atoms with Crippen LogP contribution in [0, 0.1) is 0 Å². The Balaban J connectivity index is 2.38. The summed E-state index contributed by atoms with van der Waals surface area (Å²) in [7, 11) is 0. The van der Waals surface area contributed by atoms with E-state index in [1.165, 1.54) is 6.07 Å². The molecule has 0 fully saturated rings. The Labute approximate surface area is 133 Å². The molecule has 0 bridgehead atoms. The van der Waals surface area contributed by atoms with E-state index >= 15 is 0 Å².